The number of fused-ring (bicyclic) bond motifs is 1. The number of hydrogen-bond donors (Lipinski definition) is 0. The molecule has 0 N–H and O–H groups in total. The lowest BCUT2D eigenvalue weighted by Crippen LogP contribution is -1.97. The summed E-state index contributed by atoms with van der Waals surface area (Å²) in [4.78, 5) is 24.5. The maximum atomic E-state index is 10.3. The van der Waals surface area contributed by atoms with Crippen molar-refractivity contribution in [1.29, 1.82) is 0 Å². The lowest BCUT2D eigenvalue weighted by atomic mass is 10.2. The van der Waals surface area contributed by atoms with Crippen molar-refractivity contribution in [3.05, 3.63) is 55.0 Å². The maximum absolute atomic E-state index is 10.3. The van der Waals surface area contributed by atoms with Crippen LogP contribution in [0.1, 0.15) is 0 Å². The fourth-order valence-electron chi connectivity index (χ4n) is 1.24. The predicted octanol–water partition coefficient (Wildman–Crippen LogP) is 2.08. The molecule has 0 saturated heterocycles. The average molecular weight is 227 g/mol. The van der Waals surface area contributed by atoms with Crippen LogP contribution in [0.15, 0.2) is 59.4 Å². The molecule has 1 aromatic carbocycles. The van der Waals surface area contributed by atoms with E-state index in [4.69, 9.17) is 4.42 Å². The Morgan fingerprint density at radius 1 is 0.882 bits per heavy atom. The first-order valence-electron chi connectivity index (χ1n) is 4.98. The molecule has 0 saturated carbocycles. The van der Waals surface area contributed by atoms with Crippen molar-refractivity contribution < 1.29 is 14.0 Å². The van der Waals surface area contributed by atoms with Crippen LogP contribution < -0.4 is 0 Å². The van der Waals surface area contributed by atoms with Crippen LogP contribution in [-0.2, 0) is 9.59 Å². The third-order valence-corrected chi connectivity index (χ3v) is 2.06. The van der Waals surface area contributed by atoms with E-state index in [1.54, 1.807) is 0 Å². The summed E-state index contributed by atoms with van der Waals surface area (Å²) in [5.41, 5.74) is 1.76. The molecule has 0 radical (unpaired) electrons. The van der Waals surface area contributed by atoms with Gasteiger partial charge < -0.3 is 4.42 Å². The van der Waals surface area contributed by atoms with Gasteiger partial charge in [-0.25, -0.2) is 4.98 Å². The normalized spacial score (nSPS) is 13.6. The van der Waals surface area contributed by atoms with E-state index in [0.717, 1.165) is 11.1 Å². The highest BCUT2D eigenvalue weighted by Gasteiger charge is 1.97. The molecule has 0 atom stereocenters. The van der Waals surface area contributed by atoms with Gasteiger partial charge in [0.05, 0.1) is 0 Å². The summed E-state index contributed by atoms with van der Waals surface area (Å²) in [5.74, 6) is -0.241. The Labute approximate surface area is 97.3 Å². The molecule has 1 heterocycles. The summed E-state index contributed by atoms with van der Waals surface area (Å²) in [5, 5.41) is 0. The van der Waals surface area contributed by atoms with Gasteiger partial charge in [0.15, 0.2) is 23.5 Å². The molecule has 0 fully saturated rings. The number of benzene rings is 1. The molecule has 0 spiro atoms. The fourth-order valence-corrected chi connectivity index (χ4v) is 1.24. The van der Waals surface area contributed by atoms with Crippen molar-refractivity contribution in [2.24, 2.45) is 0 Å². The second kappa shape index (κ2) is 5.03. The summed E-state index contributed by atoms with van der Waals surface area (Å²) in [7, 11) is 0. The number of carbonyl (C=O) groups is 2. The van der Waals surface area contributed by atoms with Crippen molar-refractivity contribution in [1.82, 2.24) is 4.98 Å². The van der Waals surface area contributed by atoms with Crippen LogP contribution in [0.25, 0.3) is 11.1 Å². The number of ketones is 2. The molecule has 1 aliphatic rings. The number of rotatable bonds is 0. The molecule has 2 aromatic rings. The highest BCUT2D eigenvalue weighted by molar-refractivity contribution is 6.14. The van der Waals surface area contributed by atoms with E-state index >= 15 is 0 Å². The van der Waals surface area contributed by atoms with Crippen molar-refractivity contribution in [3.63, 3.8) is 0 Å². The summed E-state index contributed by atoms with van der Waals surface area (Å²) < 4.78 is 5.01. The summed E-state index contributed by atoms with van der Waals surface area (Å²) in [6.07, 6.45) is 6.46. The highest BCUT2D eigenvalue weighted by atomic mass is 16.3. The lowest BCUT2D eigenvalue weighted by molar-refractivity contribution is -0.113. The quantitative estimate of drug-likeness (QED) is 0.646. The zero-order valence-electron chi connectivity index (χ0n) is 8.87. The topological polar surface area (TPSA) is 60.2 Å². The second-order valence-electron chi connectivity index (χ2n) is 3.29. The van der Waals surface area contributed by atoms with Crippen LogP contribution in [0.5, 0.6) is 0 Å². The molecule has 0 bridgehead atoms. The monoisotopic (exact) mass is 227 g/mol. The highest BCUT2D eigenvalue weighted by Crippen LogP contribution is 2.09. The summed E-state index contributed by atoms with van der Waals surface area (Å²) >= 11 is 0. The minimum Gasteiger partial charge on any atom is -0.443 e. The first-order chi connectivity index (χ1) is 8.25. The zero-order valence-corrected chi connectivity index (χ0v) is 8.87. The number of para-hydroxylation sites is 2. The number of nitrogens with zero attached hydrogens (tertiary/aromatic N) is 1. The standard InChI is InChI=1S/C7H5NO.C6H4O2/c1-2-4-7-6(3-1)8-5-9-7;7-5-1-2-6(8)4-3-5/h1-5H;1-4H. The Balaban J connectivity index is 0.000000128. The first-order valence-corrected chi connectivity index (χ1v) is 4.98. The number of hydrogen-bond acceptors (Lipinski definition) is 4. The number of allylic oxidation sites excluding steroid dienone is 4. The SMILES string of the molecule is O=C1C=CC(=O)C=C1.c1ccc2ocnc2c1. The Bertz CT molecular complexity index is 540. The van der Waals surface area contributed by atoms with Crippen molar-refractivity contribution >= 4 is 22.7 Å². The van der Waals surface area contributed by atoms with E-state index in [1.807, 2.05) is 24.3 Å². The Hall–Kier alpha value is -2.49. The van der Waals surface area contributed by atoms with E-state index in [0.29, 0.717) is 0 Å². The van der Waals surface area contributed by atoms with E-state index in [2.05, 4.69) is 4.98 Å². The van der Waals surface area contributed by atoms with Gasteiger partial charge in [0.1, 0.15) is 5.52 Å². The van der Waals surface area contributed by atoms with Crippen LogP contribution in [0, 0.1) is 0 Å². The molecule has 4 heteroatoms. The van der Waals surface area contributed by atoms with E-state index in [-0.39, 0.29) is 11.6 Å². The Morgan fingerprint density at radius 3 is 2.06 bits per heavy atom. The van der Waals surface area contributed by atoms with Crippen molar-refractivity contribution in [3.8, 4) is 0 Å². The Kier molecular flexibility index (Phi) is 3.25. The van der Waals surface area contributed by atoms with Crippen LogP contribution in [0.2, 0.25) is 0 Å². The number of carbonyl (C=O) groups excluding carboxylic acids is 2. The van der Waals surface area contributed by atoms with Crippen molar-refractivity contribution in [2.75, 3.05) is 0 Å². The molecule has 0 aliphatic heterocycles. The molecular weight excluding hydrogens is 218 g/mol. The van der Waals surface area contributed by atoms with Gasteiger partial charge in [-0.15, -0.1) is 0 Å². The van der Waals surface area contributed by atoms with Gasteiger partial charge in [0, 0.05) is 0 Å². The van der Waals surface area contributed by atoms with Crippen molar-refractivity contribution in [2.45, 2.75) is 0 Å². The number of oxazole rings is 1. The van der Waals surface area contributed by atoms with Gasteiger partial charge in [-0.2, -0.15) is 0 Å². The number of aromatic nitrogens is 1. The minimum absolute atomic E-state index is 0.121. The van der Waals surface area contributed by atoms with Gasteiger partial charge in [-0.1, -0.05) is 12.1 Å². The first kappa shape index (κ1) is 11.0. The van der Waals surface area contributed by atoms with E-state index in [9.17, 15) is 9.59 Å². The Morgan fingerprint density at radius 2 is 1.47 bits per heavy atom. The third kappa shape index (κ3) is 2.98. The largest absolute Gasteiger partial charge is 0.443 e. The van der Waals surface area contributed by atoms with E-state index in [1.165, 1.54) is 30.7 Å². The molecule has 1 aromatic heterocycles. The zero-order chi connectivity index (χ0) is 12.1. The van der Waals surface area contributed by atoms with Gasteiger partial charge in [0.25, 0.3) is 0 Å². The minimum atomic E-state index is -0.121. The van der Waals surface area contributed by atoms with Gasteiger partial charge >= 0.3 is 0 Å². The molecule has 0 unspecified atom stereocenters. The summed E-state index contributed by atoms with van der Waals surface area (Å²) in [6.45, 7) is 0. The predicted molar refractivity (Wildman–Crippen MR) is 62.3 cm³/mol. The second-order valence-corrected chi connectivity index (χ2v) is 3.29. The van der Waals surface area contributed by atoms with Gasteiger partial charge in [-0.3, -0.25) is 9.59 Å². The summed E-state index contributed by atoms with van der Waals surface area (Å²) in [6, 6.07) is 7.67. The average Bonchev–Trinajstić information content (AvgIpc) is 2.82. The fraction of sp³-hybridized carbons (Fsp3) is 0. The van der Waals surface area contributed by atoms with Gasteiger partial charge in [-0.05, 0) is 36.4 Å². The third-order valence-electron chi connectivity index (χ3n) is 2.06. The molecule has 17 heavy (non-hydrogen) atoms. The van der Waals surface area contributed by atoms with E-state index < -0.39 is 0 Å². The molecule has 84 valence electrons. The van der Waals surface area contributed by atoms with Crippen LogP contribution in [0.3, 0.4) is 0 Å². The van der Waals surface area contributed by atoms with Crippen LogP contribution >= 0.6 is 0 Å². The van der Waals surface area contributed by atoms with Gasteiger partial charge in [0.2, 0.25) is 0 Å². The smallest absolute Gasteiger partial charge is 0.181 e. The molecular formula is C13H9NO3. The molecule has 0 amide bonds. The lowest BCUT2D eigenvalue weighted by Gasteiger charge is -1.87. The van der Waals surface area contributed by atoms with Crippen LogP contribution in [-0.4, -0.2) is 16.6 Å². The molecule has 1 aliphatic carbocycles. The van der Waals surface area contributed by atoms with Crippen LogP contribution in [0.4, 0.5) is 0 Å². The molecule has 3 rings (SSSR count). The molecule has 4 nitrogen and oxygen atoms in total. The maximum Gasteiger partial charge on any atom is 0.181 e.